The van der Waals surface area contributed by atoms with Gasteiger partial charge in [-0.15, -0.1) is 0 Å². The van der Waals surface area contributed by atoms with Gasteiger partial charge in [0.2, 0.25) is 6.29 Å². The fourth-order valence-corrected chi connectivity index (χ4v) is 0.998. The molecule has 0 bridgehead atoms. The number of nitriles is 1. The molecule has 0 aliphatic carbocycles. The van der Waals surface area contributed by atoms with Crippen LogP contribution < -0.4 is 0 Å². The summed E-state index contributed by atoms with van der Waals surface area (Å²) in [5.74, 6) is -0.777. The van der Waals surface area contributed by atoms with Crippen LogP contribution in [0.1, 0.15) is 33.6 Å². The smallest absolute Gasteiger partial charge is 0.350 e. The van der Waals surface area contributed by atoms with Crippen molar-refractivity contribution in [2.75, 3.05) is 6.61 Å². The molecule has 17 heavy (non-hydrogen) atoms. The molecule has 5 nitrogen and oxygen atoms in total. The second kappa shape index (κ2) is 8.74. The lowest BCUT2D eigenvalue weighted by molar-refractivity contribution is -0.226. The molecule has 0 fully saturated rings. The third kappa shape index (κ3) is 7.50. The molecule has 5 heteroatoms. The number of carbonyl (C=O) groups excluding carboxylic acids is 1. The highest BCUT2D eigenvalue weighted by atomic mass is 16.8. The molecular weight excluding hydrogens is 222 g/mol. The Balaban J connectivity index is 3.85. The molecule has 0 aromatic rings. The second-order valence-electron chi connectivity index (χ2n) is 3.49. The van der Waals surface area contributed by atoms with Crippen molar-refractivity contribution in [1.29, 1.82) is 5.26 Å². The zero-order valence-corrected chi connectivity index (χ0v) is 10.6. The van der Waals surface area contributed by atoms with Crippen LogP contribution in [0.3, 0.4) is 0 Å². The highest BCUT2D eigenvalue weighted by molar-refractivity contribution is 5.91. The van der Waals surface area contributed by atoms with Gasteiger partial charge in [-0.2, -0.15) is 5.26 Å². The van der Waals surface area contributed by atoms with Crippen molar-refractivity contribution in [3.63, 3.8) is 0 Å². The molecule has 0 aliphatic rings. The standard InChI is InChI=1S/C12H19NO4/c1-5-6-7-15-10(3)16-11(4)17-12(14)9(2)8-13/h10-11H,2,5-7H2,1,3-4H3. The molecule has 0 spiro atoms. The number of carbonyl (C=O) groups is 1. The van der Waals surface area contributed by atoms with E-state index in [2.05, 4.69) is 13.5 Å². The number of unbranched alkanes of at least 4 members (excludes halogenated alkanes) is 1. The fraction of sp³-hybridized carbons (Fsp3) is 0.667. The molecule has 0 saturated carbocycles. The van der Waals surface area contributed by atoms with Crippen LogP contribution >= 0.6 is 0 Å². The lowest BCUT2D eigenvalue weighted by atomic mass is 10.3. The number of nitrogens with zero attached hydrogens (tertiary/aromatic N) is 1. The van der Waals surface area contributed by atoms with Crippen LogP contribution in [0.15, 0.2) is 12.2 Å². The first-order chi connectivity index (χ1) is 8.01. The van der Waals surface area contributed by atoms with E-state index in [4.69, 9.17) is 19.5 Å². The topological polar surface area (TPSA) is 68.6 Å². The van der Waals surface area contributed by atoms with Gasteiger partial charge >= 0.3 is 5.97 Å². The molecular formula is C12H19NO4. The summed E-state index contributed by atoms with van der Waals surface area (Å²) < 4.78 is 15.4. The Labute approximate surface area is 102 Å². The minimum absolute atomic E-state index is 0.250. The van der Waals surface area contributed by atoms with E-state index in [1.54, 1.807) is 19.9 Å². The number of hydrogen-bond acceptors (Lipinski definition) is 5. The third-order valence-electron chi connectivity index (χ3n) is 1.89. The van der Waals surface area contributed by atoms with Gasteiger partial charge in [-0.25, -0.2) is 4.79 Å². The van der Waals surface area contributed by atoms with Gasteiger partial charge in [0.05, 0.1) is 0 Å². The van der Waals surface area contributed by atoms with Gasteiger partial charge in [-0.1, -0.05) is 19.9 Å². The molecule has 0 amide bonds. The van der Waals surface area contributed by atoms with E-state index in [1.165, 1.54) is 0 Å². The zero-order chi connectivity index (χ0) is 13.3. The molecule has 0 aromatic carbocycles. The van der Waals surface area contributed by atoms with Crippen LogP contribution in [0.4, 0.5) is 0 Å². The van der Waals surface area contributed by atoms with E-state index in [0.717, 1.165) is 12.8 Å². The Morgan fingerprint density at radius 3 is 2.59 bits per heavy atom. The maximum absolute atomic E-state index is 11.2. The molecule has 96 valence electrons. The van der Waals surface area contributed by atoms with Crippen molar-refractivity contribution in [3.05, 3.63) is 12.2 Å². The van der Waals surface area contributed by atoms with Gasteiger partial charge in [0.15, 0.2) is 6.29 Å². The minimum atomic E-state index is -0.777. The average Bonchev–Trinajstić information content (AvgIpc) is 2.27. The Bertz CT molecular complexity index is 295. The molecule has 0 radical (unpaired) electrons. The summed E-state index contributed by atoms with van der Waals surface area (Å²) in [5.41, 5.74) is -0.250. The van der Waals surface area contributed by atoms with Crippen molar-refractivity contribution in [1.82, 2.24) is 0 Å². The first-order valence-electron chi connectivity index (χ1n) is 5.58. The van der Waals surface area contributed by atoms with E-state index in [9.17, 15) is 4.79 Å². The van der Waals surface area contributed by atoms with Gasteiger partial charge < -0.3 is 14.2 Å². The maximum atomic E-state index is 11.2. The largest absolute Gasteiger partial charge is 0.432 e. The Hall–Kier alpha value is -1.38. The van der Waals surface area contributed by atoms with Gasteiger partial charge in [0, 0.05) is 6.61 Å². The molecule has 2 atom stereocenters. The normalized spacial score (nSPS) is 13.5. The van der Waals surface area contributed by atoms with Crippen LogP contribution in [0.25, 0.3) is 0 Å². The number of rotatable bonds is 8. The van der Waals surface area contributed by atoms with E-state index in [1.807, 2.05) is 0 Å². The summed E-state index contributed by atoms with van der Waals surface area (Å²) in [5, 5.41) is 8.43. The van der Waals surface area contributed by atoms with Gasteiger partial charge in [0.1, 0.15) is 11.6 Å². The number of esters is 1. The lowest BCUT2D eigenvalue weighted by Crippen LogP contribution is -2.25. The van der Waals surface area contributed by atoms with Crippen LogP contribution in [-0.4, -0.2) is 25.2 Å². The number of ether oxygens (including phenoxy) is 3. The summed E-state index contributed by atoms with van der Waals surface area (Å²) in [4.78, 5) is 11.2. The fourth-order valence-electron chi connectivity index (χ4n) is 0.998. The summed E-state index contributed by atoms with van der Waals surface area (Å²) in [7, 11) is 0. The predicted octanol–water partition coefficient (Wildman–Crippen LogP) is 2.13. The molecule has 2 unspecified atom stereocenters. The van der Waals surface area contributed by atoms with E-state index >= 15 is 0 Å². The van der Waals surface area contributed by atoms with E-state index in [-0.39, 0.29) is 5.57 Å². The molecule has 0 saturated heterocycles. The van der Waals surface area contributed by atoms with Crippen LogP contribution in [0, 0.1) is 11.3 Å². The molecule has 0 heterocycles. The molecule has 0 aliphatic heterocycles. The molecule has 0 aromatic heterocycles. The summed E-state index contributed by atoms with van der Waals surface area (Å²) in [6.07, 6.45) is 0.760. The second-order valence-corrected chi connectivity index (χ2v) is 3.49. The van der Waals surface area contributed by atoms with Gasteiger partial charge in [-0.3, -0.25) is 0 Å². The molecule has 0 N–H and O–H groups in total. The van der Waals surface area contributed by atoms with E-state index in [0.29, 0.717) is 6.61 Å². The summed E-state index contributed by atoms with van der Waals surface area (Å²) in [6.45, 7) is 9.19. The Morgan fingerprint density at radius 2 is 2.06 bits per heavy atom. The van der Waals surface area contributed by atoms with Crippen molar-refractivity contribution < 1.29 is 19.0 Å². The van der Waals surface area contributed by atoms with Crippen molar-refractivity contribution in [2.45, 2.75) is 46.2 Å². The molecule has 0 rings (SSSR count). The summed E-state index contributed by atoms with van der Waals surface area (Å²) in [6, 6.07) is 1.61. The zero-order valence-electron chi connectivity index (χ0n) is 10.6. The third-order valence-corrected chi connectivity index (χ3v) is 1.89. The Kier molecular flexibility index (Phi) is 8.03. The van der Waals surface area contributed by atoms with Crippen LogP contribution in [0.2, 0.25) is 0 Å². The van der Waals surface area contributed by atoms with Crippen molar-refractivity contribution in [3.8, 4) is 6.07 Å². The first-order valence-corrected chi connectivity index (χ1v) is 5.58. The Morgan fingerprint density at radius 1 is 1.41 bits per heavy atom. The highest BCUT2D eigenvalue weighted by Gasteiger charge is 2.15. The highest BCUT2D eigenvalue weighted by Crippen LogP contribution is 2.05. The average molecular weight is 241 g/mol. The lowest BCUT2D eigenvalue weighted by Gasteiger charge is -2.19. The minimum Gasteiger partial charge on any atom is -0.432 e. The summed E-state index contributed by atoms with van der Waals surface area (Å²) >= 11 is 0. The predicted molar refractivity (Wildman–Crippen MR) is 61.7 cm³/mol. The quantitative estimate of drug-likeness (QED) is 0.214. The van der Waals surface area contributed by atoms with Crippen LogP contribution in [-0.2, 0) is 19.0 Å². The van der Waals surface area contributed by atoms with Crippen molar-refractivity contribution >= 4 is 5.97 Å². The van der Waals surface area contributed by atoms with Crippen molar-refractivity contribution in [2.24, 2.45) is 0 Å². The van der Waals surface area contributed by atoms with Crippen LogP contribution in [0.5, 0.6) is 0 Å². The monoisotopic (exact) mass is 241 g/mol. The number of hydrogen-bond donors (Lipinski definition) is 0. The van der Waals surface area contributed by atoms with E-state index < -0.39 is 18.5 Å². The maximum Gasteiger partial charge on any atom is 0.350 e. The van der Waals surface area contributed by atoms with Gasteiger partial charge in [-0.05, 0) is 20.3 Å². The van der Waals surface area contributed by atoms with Gasteiger partial charge in [0.25, 0.3) is 0 Å². The SMILES string of the molecule is C=C(C#N)C(=O)OC(C)OC(C)OCCCC. The first kappa shape index (κ1) is 15.6.